The summed E-state index contributed by atoms with van der Waals surface area (Å²) in [5, 5.41) is 0. The lowest BCUT2D eigenvalue weighted by Crippen LogP contribution is -2.17. The monoisotopic (exact) mass is 401 g/mol. The SMILES string of the molecule is CC(C)=Cc1cccc(COc2cccc(CN(C)CC=CC#CC(C)(C)C)c2)c1. The van der Waals surface area contributed by atoms with E-state index < -0.39 is 0 Å². The number of nitrogens with zero attached hydrogens (tertiary/aromatic N) is 1. The summed E-state index contributed by atoms with van der Waals surface area (Å²) >= 11 is 0. The Hall–Kier alpha value is -2.76. The molecule has 0 saturated carbocycles. The summed E-state index contributed by atoms with van der Waals surface area (Å²) in [6, 6.07) is 16.8. The maximum absolute atomic E-state index is 6.05. The molecule has 2 aromatic carbocycles. The number of likely N-dealkylation sites (N-methyl/N-ethyl adjacent to an activating group) is 1. The quantitative estimate of drug-likeness (QED) is 0.455. The first kappa shape index (κ1) is 23.5. The highest BCUT2D eigenvalue weighted by Gasteiger charge is 2.03. The van der Waals surface area contributed by atoms with Gasteiger partial charge in [-0.2, -0.15) is 0 Å². The van der Waals surface area contributed by atoms with E-state index in [1.807, 2.05) is 12.1 Å². The highest BCUT2D eigenvalue weighted by molar-refractivity contribution is 5.52. The molecule has 0 spiro atoms. The fraction of sp³-hybridized carbons (Fsp3) is 0.357. The lowest BCUT2D eigenvalue weighted by Gasteiger charge is -2.15. The molecule has 0 aliphatic rings. The van der Waals surface area contributed by atoms with Crippen molar-refractivity contribution in [1.82, 2.24) is 4.90 Å². The zero-order chi connectivity index (χ0) is 22.0. The Labute approximate surface area is 183 Å². The van der Waals surface area contributed by atoms with Gasteiger partial charge in [-0.3, -0.25) is 4.90 Å². The molecule has 0 amide bonds. The van der Waals surface area contributed by atoms with Crippen molar-refractivity contribution < 1.29 is 4.74 Å². The normalized spacial score (nSPS) is 11.3. The van der Waals surface area contributed by atoms with Gasteiger partial charge in [0.1, 0.15) is 12.4 Å². The van der Waals surface area contributed by atoms with Crippen LogP contribution in [0.1, 0.15) is 51.3 Å². The second kappa shape index (κ2) is 11.4. The Kier molecular flexibility index (Phi) is 8.96. The number of ether oxygens (including phenoxy) is 1. The molecule has 0 aromatic heterocycles. The molecule has 2 nitrogen and oxygen atoms in total. The van der Waals surface area contributed by atoms with E-state index in [1.165, 1.54) is 22.3 Å². The molecule has 0 fully saturated rings. The predicted octanol–water partition coefficient (Wildman–Crippen LogP) is 6.73. The summed E-state index contributed by atoms with van der Waals surface area (Å²) < 4.78 is 6.05. The molecule has 0 atom stereocenters. The molecule has 0 aliphatic heterocycles. The molecule has 0 aliphatic carbocycles. The Morgan fingerprint density at radius 2 is 1.77 bits per heavy atom. The summed E-state index contributed by atoms with van der Waals surface area (Å²) in [6.45, 7) is 12.9. The van der Waals surface area contributed by atoms with Crippen LogP contribution >= 0.6 is 0 Å². The molecule has 2 rings (SSSR count). The maximum Gasteiger partial charge on any atom is 0.120 e. The summed E-state index contributed by atoms with van der Waals surface area (Å²) in [5.41, 5.74) is 4.97. The van der Waals surface area contributed by atoms with Gasteiger partial charge in [-0.15, -0.1) is 0 Å². The van der Waals surface area contributed by atoms with Crippen molar-refractivity contribution in [3.05, 3.63) is 82.9 Å². The van der Waals surface area contributed by atoms with Crippen molar-refractivity contribution in [2.75, 3.05) is 13.6 Å². The largest absolute Gasteiger partial charge is 0.489 e. The number of hydrogen-bond acceptors (Lipinski definition) is 2. The third-order valence-electron chi connectivity index (χ3n) is 4.23. The summed E-state index contributed by atoms with van der Waals surface area (Å²) in [5.74, 6) is 7.24. The molecular formula is C28H35NO. The van der Waals surface area contributed by atoms with Crippen LogP contribution in [0.15, 0.2) is 66.3 Å². The fourth-order valence-electron chi connectivity index (χ4n) is 2.93. The maximum atomic E-state index is 6.05. The van der Waals surface area contributed by atoms with Gasteiger partial charge in [0, 0.05) is 18.5 Å². The molecule has 0 N–H and O–H groups in total. The average molecular weight is 402 g/mol. The van der Waals surface area contributed by atoms with Gasteiger partial charge in [-0.05, 0) is 82.6 Å². The van der Waals surface area contributed by atoms with E-state index in [0.717, 1.165) is 18.8 Å². The van der Waals surface area contributed by atoms with E-state index in [2.05, 4.69) is 113 Å². The molecule has 2 aromatic rings. The topological polar surface area (TPSA) is 12.5 Å². The lowest BCUT2D eigenvalue weighted by atomic mass is 9.98. The molecular weight excluding hydrogens is 366 g/mol. The minimum Gasteiger partial charge on any atom is -0.489 e. The third-order valence-corrected chi connectivity index (χ3v) is 4.23. The number of benzene rings is 2. The number of allylic oxidation sites excluding steroid dienone is 2. The highest BCUT2D eigenvalue weighted by Crippen LogP contribution is 2.17. The smallest absolute Gasteiger partial charge is 0.120 e. The number of rotatable bonds is 8. The van der Waals surface area contributed by atoms with Gasteiger partial charge >= 0.3 is 0 Å². The van der Waals surface area contributed by atoms with E-state index in [1.54, 1.807) is 0 Å². The van der Waals surface area contributed by atoms with Crippen molar-refractivity contribution in [3.63, 3.8) is 0 Å². The zero-order valence-corrected chi connectivity index (χ0v) is 19.3. The van der Waals surface area contributed by atoms with Crippen molar-refractivity contribution >= 4 is 6.08 Å². The van der Waals surface area contributed by atoms with E-state index in [9.17, 15) is 0 Å². The molecule has 158 valence electrons. The molecule has 0 heterocycles. The zero-order valence-electron chi connectivity index (χ0n) is 19.3. The number of hydrogen-bond donors (Lipinski definition) is 0. The van der Waals surface area contributed by atoms with Gasteiger partial charge in [-0.1, -0.05) is 59.9 Å². The molecule has 0 bridgehead atoms. The standard InChI is InChI=1S/C28H35NO/c1-23(2)18-24-12-10-14-26(19-24)22-30-27-15-11-13-25(20-27)21-29(6)17-9-7-8-16-28(3,4)5/h7,9-15,18-20H,17,21-22H2,1-6H3. The van der Waals surface area contributed by atoms with Crippen LogP contribution in [0.3, 0.4) is 0 Å². The van der Waals surface area contributed by atoms with Crippen LogP contribution in [-0.4, -0.2) is 18.5 Å². The van der Waals surface area contributed by atoms with Crippen LogP contribution in [0.4, 0.5) is 0 Å². The molecule has 0 unspecified atom stereocenters. The molecule has 30 heavy (non-hydrogen) atoms. The van der Waals surface area contributed by atoms with Crippen LogP contribution in [0.5, 0.6) is 5.75 Å². The Morgan fingerprint density at radius 1 is 1.03 bits per heavy atom. The third kappa shape index (κ3) is 9.63. The molecule has 0 saturated heterocycles. The van der Waals surface area contributed by atoms with E-state index in [4.69, 9.17) is 4.74 Å². The van der Waals surface area contributed by atoms with Gasteiger partial charge in [0.2, 0.25) is 0 Å². The van der Waals surface area contributed by atoms with E-state index in [-0.39, 0.29) is 5.41 Å². The molecule has 2 heteroatoms. The van der Waals surface area contributed by atoms with Crippen LogP contribution < -0.4 is 4.74 Å². The first-order valence-electron chi connectivity index (χ1n) is 10.5. The Morgan fingerprint density at radius 3 is 2.50 bits per heavy atom. The second-order valence-electron chi connectivity index (χ2n) is 9.02. The minimum absolute atomic E-state index is 0.0453. The second-order valence-corrected chi connectivity index (χ2v) is 9.02. The van der Waals surface area contributed by atoms with Gasteiger partial charge in [0.05, 0.1) is 0 Å². The predicted molar refractivity (Wildman–Crippen MR) is 129 cm³/mol. The Bertz CT molecular complexity index is 931. The van der Waals surface area contributed by atoms with Crippen LogP contribution in [0.2, 0.25) is 0 Å². The average Bonchev–Trinajstić information content (AvgIpc) is 2.65. The van der Waals surface area contributed by atoms with Crippen molar-refractivity contribution in [3.8, 4) is 17.6 Å². The minimum atomic E-state index is 0.0453. The van der Waals surface area contributed by atoms with Crippen LogP contribution in [0.25, 0.3) is 6.08 Å². The summed E-state index contributed by atoms with van der Waals surface area (Å²) in [7, 11) is 2.11. The first-order valence-corrected chi connectivity index (χ1v) is 10.5. The Balaban J connectivity index is 1.89. The van der Waals surface area contributed by atoms with E-state index in [0.29, 0.717) is 6.61 Å². The lowest BCUT2D eigenvalue weighted by molar-refractivity contribution is 0.304. The molecule has 0 radical (unpaired) electrons. The van der Waals surface area contributed by atoms with E-state index >= 15 is 0 Å². The van der Waals surface area contributed by atoms with Crippen LogP contribution in [-0.2, 0) is 13.2 Å². The summed E-state index contributed by atoms with van der Waals surface area (Å²) in [6.07, 6.45) is 6.24. The van der Waals surface area contributed by atoms with Crippen molar-refractivity contribution in [2.24, 2.45) is 5.41 Å². The highest BCUT2D eigenvalue weighted by atomic mass is 16.5. The van der Waals surface area contributed by atoms with Gasteiger partial charge in [0.15, 0.2) is 0 Å². The van der Waals surface area contributed by atoms with Gasteiger partial charge < -0.3 is 4.74 Å². The van der Waals surface area contributed by atoms with Crippen LogP contribution in [0, 0.1) is 17.3 Å². The van der Waals surface area contributed by atoms with Crippen molar-refractivity contribution in [2.45, 2.75) is 47.8 Å². The van der Waals surface area contributed by atoms with Crippen molar-refractivity contribution in [1.29, 1.82) is 0 Å². The fourth-order valence-corrected chi connectivity index (χ4v) is 2.93. The van der Waals surface area contributed by atoms with Gasteiger partial charge in [0.25, 0.3) is 0 Å². The summed E-state index contributed by atoms with van der Waals surface area (Å²) in [4.78, 5) is 2.26. The first-order chi connectivity index (χ1) is 14.2. The van der Waals surface area contributed by atoms with Gasteiger partial charge in [-0.25, -0.2) is 0 Å².